The number of carboxylic acids is 1. The summed E-state index contributed by atoms with van der Waals surface area (Å²) in [5, 5.41) is 12.6. The fraction of sp³-hybridized carbons (Fsp3) is 0.756. The number of Topliss-reactive ketones (excluding diaryl/α,β-unsaturated/α-hetero) is 1. The van der Waals surface area contributed by atoms with E-state index in [1.165, 1.54) is 0 Å². The lowest BCUT2D eigenvalue weighted by Gasteiger charge is -2.72. The number of aromatic nitrogens is 2. The van der Waals surface area contributed by atoms with Gasteiger partial charge in [0.05, 0.1) is 17.3 Å². The molecular formula is C41H59N3O6. The van der Waals surface area contributed by atoms with E-state index in [0.717, 1.165) is 61.8 Å². The Kier molecular flexibility index (Phi) is 8.79. The topological polar surface area (TPSA) is 136 Å². The van der Waals surface area contributed by atoms with Gasteiger partial charge in [-0.2, -0.15) is 0 Å². The molecule has 9 nitrogen and oxygen atoms in total. The summed E-state index contributed by atoms with van der Waals surface area (Å²) in [6.07, 6.45) is 8.70. The van der Waals surface area contributed by atoms with Crippen LogP contribution in [0.25, 0.3) is 0 Å². The lowest BCUT2D eigenvalue weighted by atomic mass is 9.33. The van der Waals surface area contributed by atoms with E-state index >= 15 is 0 Å². The number of aryl methyl sites for hydroxylation is 1. The molecule has 9 heteroatoms. The van der Waals surface area contributed by atoms with E-state index in [1.807, 2.05) is 6.92 Å². The SMILES string of the molecule is Cc1ccnc(NC(=O)[C@@]23CC[C@]4(C)[C@H](CC[C@@H]5[C@@]6(C)CC[C@H](OC(=O)CC(C)(C)C(=O)O)C(C)(C)[C@@H]6CC[C@]54C)C2=C(C(C)C)C(=O)C3)n1. The zero-order valence-corrected chi connectivity index (χ0v) is 32.0. The summed E-state index contributed by atoms with van der Waals surface area (Å²) < 4.78 is 6.14. The average Bonchev–Trinajstić information content (AvgIpc) is 3.32. The smallest absolute Gasteiger partial charge is 0.309 e. The quantitative estimate of drug-likeness (QED) is 0.274. The molecule has 4 fully saturated rings. The Labute approximate surface area is 298 Å². The van der Waals surface area contributed by atoms with E-state index in [4.69, 9.17) is 4.74 Å². The van der Waals surface area contributed by atoms with Crippen LogP contribution in [0.4, 0.5) is 5.95 Å². The third-order valence-corrected chi connectivity index (χ3v) is 15.3. The minimum atomic E-state index is -1.17. The van der Waals surface area contributed by atoms with Crippen molar-refractivity contribution in [2.75, 3.05) is 5.32 Å². The molecule has 6 rings (SSSR count). The fourth-order valence-electron chi connectivity index (χ4n) is 12.4. The summed E-state index contributed by atoms with van der Waals surface area (Å²) in [6.45, 7) is 21.2. The van der Waals surface area contributed by atoms with Crippen LogP contribution in [0.5, 0.6) is 0 Å². The summed E-state index contributed by atoms with van der Waals surface area (Å²) in [6, 6.07) is 1.80. The first kappa shape index (κ1) is 36.7. The molecule has 0 radical (unpaired) electrons. The minimum Gasteiger partial charge on any atom is -0.481 e. The van der Waals surface area contributed by atoms with Gasteiger partial charge in [0.15, 0.2) is 5.78 Å². The van der Waals surface area contributed by atoms with Crippen LogP contribution in [0.1, 0.15) is 132 Å². The Hall–Kier alpha value is -3.10. The van der Waals surface area contributed by atoms with Crippen molar-refractivity contribution < 1.29 is 29.0 Å². The first-order chi connectivity index (χ1) is 23.1. The number of anilines is 1. The average molecular weight is 690 g/mol. The Bertz CT molecular complexity index is 1650. The number of esters is 1. The van der Waals surface area contributed by atoms with Crippen LogP contribution < -0.4 is 5.32 Å². The van der Waals surface area contributed by atoms with Crippen molar-refractivity contribution in [2.45, 2.75) is 140 Å². The summed E-state index contributed by atoms with van der Waals surface area (Å²) >= 11 is 0. The van der Waals surface area contributed by atoms with Crippen molar-refractivity contribution in [3.63, 3.8) is 0 Å². The second-order valence-electron chi connectivity index (χ2n) is 19.0. The molecule has 2 N–H and O–H groups in total. The van der Waals surface area contributed by atoms with Gasteiger partial charge in [0.2, 0.25) is 11.9 Å². The number of aliphatic carboxylic acids is 1. The Morgan fingerprint density at radius 2 is 1.68 bits per heavy atom. The van der Waals surface area contributed by atoms with Gasteiger partial charge >= 0.3 is 11.9 Å². The molecule has 8 atom stereocenters. The number of nitrogens with zero attached hydrogens (tertiary/aromatic N) is 2. The standard InChI is InChI=1S/C41H59N3O6/c1-23(2)31-26(45)21-41(33(47)44-35-42-20-15-24(3)43-35)19-18-39(9)25(32(31)41)11-12-28-38(8)16-14-29(50-30(46)22-36(4,5)34(48)49)37(6,7)27(38)13-17-40(28,39)10/h15,20,23,25,27-29H,11-14,16-19,21-22H2,1-10H3,(H,48,49)(H,42,43,44,47)/t25-,27+,28-,29+,38+,39-,40-,41-/m1/s1. The molecule has 274 valence electrons. The Morgan fingerprint density at radius 1 is 0.980 bits per heavy atom. The van der Waals surface area contributed by atoms with Crippen LogP contribution in [-0.4, -0.2) is 44.8 Å². The number of nitrogens with one attached hydrogen (secondary N) is 1. The van der Waals surface area contributed by atoms with Crippen LogP contribution in [0, 0.1) is 63.1 Å². The molecule has 5 aliphatic carbocycles. The van der Waals surface area contributed by atoms with Gasteiger partial charge < -0.3 is 9.84 Å². The van der Waals surface area contributed by atoms with Gasteiger partial charge in [-0.3, -0.25) is 24.5 Å². The van der Waals surface area contributed by atoms with E-state index < -0.39 is 22.8 Å². The highest BCUT2D eigenvalue weighted by Crippen LogP contribution is 2.76. The van der Waals surface area contributed by atoms with Gasteiger partial charge in [-0.25, -0.2) is 9.97 Å². The number of carbonyl (C=O) groups excluding carboxylic acids is 3. The molecule has 0 aromatic carbocycles. The van der Waals surface area contributed by atoms with Gasteiger partial charge in [-0.15, -0.1) is 0 Å². The van der Waals surface area contributed by atoms with E-state index in [-0.39, 0.29) is 64.1 Å². The summed E-state index contributed by atoms with van der Waals surface area (Å²) in [7, 11) is 0. The van der Waals surface area contributed by atoms with Crippen LogP contribution in [0.3, 0.4) is 0 Å². The number of fused-ring (bicyclic) bond motifs is 7. The van der Waals surface area contributed by atoms with Crippen molar-refractivity contribution in [3.8, 4) is 0 Å². The number of rotatable bonds is 7. The summed E-state index contributed by atoms with van der Waals surface area (Å²) in [4.78, 5) is 61.9. The first-order valence-electron chi connectivity index (χ1n) is 19.0. The molecule has 5 aliphatic rings. The third kappa shape index (κ3) is 5.29. The number of hydrogen-bond donors (Lipinski definition) is 2. The van der Waals surface area contributed by atoms with Gasteiger partial charge in [0, 0.05) is 23.7 Å². The number of allylic oxidation sites excluding steroid dienone is 1. The van der Waals surface area contributed by atoms with Gasteiger partial charge in [-0.05, 0) is 129 Å². The normalized spacial score (nSPS) is 37.7. The fourth-order valence-corrected chi connectivity index (χ4v) is 12.4. The van der Waals surface area contributed by atoms with E-state index in [2.05, 4.69) is 63.8 Å². The zero-order valence-electron chi connectivity index (χ0n) is 32.0. The molecule has 1 heterocycles. The lowest BCUT2D eigenvalue weighted by Crippen LogP contribution is -2.66. The number of ether oxygens (including phenoxy) is 1. The van der Waals surface area contributed by atoms with Crippen molar-refractivity contribution in [2.24, 2.45) is 56.2 Å². The largest absolute Gasteiger partial charge is 0.481 e. The maximum atomic E-state index is 14.4. The monoisotopic (exact) mass is 689 g/mol. The summed E-state index contributed by atoms with van der Waals surface area (Å²) in [5.41, 5.74) is 0.364. The van der Waals surface area contributed by atoms with Crippen molar-refractivity contribution in [1.82, 2.24) is 9.97 Å². The Balaban J connectivity index is 1.31. The van der Waals surface area contributed by atoms with Crippen molar-refractivity contribution in [1.29, 1.82) is 0 Å². The molecule has 0 aliphatic heterocycles. The minimum absolute atomic E-state index is 0.00467. The second kappa shape index (κ2) is 12.0. The van der Waals surface area contributed by atoms with Crippen LogP contribution >= 0.6 is 0 Å². The molecule has 0 unspecified atom stereocenters. The van der Waals surface area contributed by atoms with Crippen LogP contribution in [-0.2, 0) is 23.9 Å². The van der Waals surface area contributed by atoms with Crippen LogP contribution in [0.15, 0.2) is 23.4 Å². The van der Waals surface area contributed by atoms with Gasteiger partial charge in [0.25, 0.3) is 0 Å². The summed E-state index contributed by atoms with van der Waals surface area (Å²) in [5.74, 6) is -0.225. The van der Waals surface area contributed by atoms with Crippen molar-refractivity contribution >= 4 is 29.6 Å². The lowest BCUT2D eigenvalue weighted by molar-refractivity contribution is -0.233. The van der Waals surface area contributed by atoms with Crippen molar-refractivity contribution in [3.05, 3.63) is 29.1 Å². The van der Waals surface area contributed by atoms with Gasteiger partial charge in [0.1, 0.15) is 6.10 Å². The Morgan fingerprint density at radius 3 is 2.32 bits per heavy atom. The van der Waals surface area contributed by atoms with Crippen LogP contribution in [0.2, 0.25) is 0 Å². The predicted octanol–water partition coefficient (Wildman–Crippen LogP) is 8.12. The van der Waals surface area contributed by atoms with E-state index in [9.17, 15) is 24.3 Å². The molecule has 0 saturated heterocycles. The maximum absolute atomic E-state index is 14.4. The molecule has 4 saturated carbocycles. The predicted molar refractivity (Wildman–Crippen MR) is 191 cm³/mol. The molecule has 1 amide bonds. The molecule has 0 spiro atoms. The zero-order chi connectivity index (χ0) is 36.8. The number of ketones is 1. The molecule has 50 heavy (non-hydrogen) atoms. The van der Waals surface area contributed by atoms with E-state index in [0.29, 0.717) is 24.2 Å². The highest BCUT2D eigenvalue weighted by Gasteiger charge is 2.71. The molecular weight excluding hydrogens is 630 g/mol. The highest BCUT2D eigenvalue weighted by atomic mass is 16.5. The second-order valence-corrected chi connectivity index (χ2v) is 19.0. The molecule has 1 aromatic rings. The highest BCUT2D eigenvalue weighted by molar-refractivity contribution is 6.09. The number of carbonyl (C=O) groups is 4. The van der Waals surface area contributed by atoms with Gasteiger partial charge in [-0.1, -0.05) is 48.5 Å². The molecule has 0 bridgehead atoms. The number of amides is 1. The maximum Gasteiger partial charge on any atom is 0.309 e. The number of hydrogen-bond acceptors (Lipinski definition) is 7. The first-order valence-corrected chi connectivity index (χ1v) is 19.0. The molecule has 1 aromatic heterocycles. The third-order valence-electron chi connectivity index (χ3n) is 15.3. The number of carboxylic acid groups (broad SMARTS) is 1. The van der Waals surface area contributed by atoms with E-state index in [1.54, 1.807) is 26.1 Å².